The minimum atomic E-state index is -1.19. The van der Waals surface area contributed by atoms with E-state index in [1.54, 1.807) is 48.5 Å². The predicted octanol–water partition coefficient (Wildman–Crippen LogP) is 2.37. The van der Waals surface area contributed by atoms with Crippen LogP contribution in [0.15, 0.2) is 54.6 Å². The molecule has 5 amide bonds. The van der Waals surface area contributed by atoms with E-state index in [0.29, 0.717) is 23.2 Å². The molecule has 1 heterocycles. The molecule has 1 atom stereocenters. The average Bonchev–Trinajstić information content (AvgIpc) is 3.56. The second-order valence-corrected chi connectivity index (χ2v) is 7.79. The third-order valence-electron chi connectivity index (χ3n) is 5.63. The average molecular weight is 420 g/mol. The van der Waals surface area contributed by atoms with E-state index in [1.165, 1.54) is 0 Å². The number of benzene rings is 2. The lowest BCUT2D eigenvalue weighted by molar-refractivity contribution is -0.134. The number of carbonyl (C=O) groups excluding carboxylic acids is 4. The first-order valence-corrected chi connectivity index (χ1v) is 10.3. The summed E-state index contributed by atoms with van der Waals surface area (Å²) in [7, 11) is 0. The number of nitrogens with one attached hydrogen (secondary N) is 3. The molecular formula is C23H24N4O4. The monoisotopic (exact) mass is 420 g/mol. The van der Waals surface area contributed by atoms with Gasteiger partial charge in [-0.15, -0.1) is 0 Å². The summed E-state index contributed by atoms with van der Waals surface area (Å²) in [4.78, 5) is 51.8. The molecule has 1 aliphatic heterocycles. The molecule has 0 unspecified atom stereocenters. The van der Waals surface area contributed by atoms with E-state index in [4.69, 9.17) is 0 Å². The van der Waals surface area contributed by atoms with Crippen LogP contribution in [0.2, 0.25) is 0 Å². The van der Waals surface area contributed by atoms with Gasteiger partial charge in [0.2, 0.25) is 5.91 Å². The second kappa shape index (κ2) is 8.22. The summed E-state index contributed by atoms with van der Waals surface area (Å²) in [5.74, 6) is -1.29. The first-order valence-electron chi connectivity index (χ1n) is 10.3. The van der Waals surface area contributed by atoms with E-state index >= 15 is 0 Å². The number of urea groups is 1. The summed E-state index contributed by atoms with van der Waals surface area (Å²) in [5, 5.41) is 8.31. The summed E-state index contributed by atoms with van der Waals surface area (Å²) in [6.45, 7) is 1.36. The molecule has 0 radical (unpaired) electrons. The van der Waals surface area contributed by atoms with Crippen LogP contribution < -0.4 is 16.0 Å². The van der Waals surface area contributed by atoms with Gasteiger partial charge < -0.3 is 16.0 Å². The largest absolute Gasteiger partial charge is 0.349 e. The van der Waals surface area contributed by atoms with E-state index < -0.39 is 29.9 Å². The van der Waals surface area contributed by atoms with Crippen LogP contribution in [-0.4, -0.2) is 41.2 Å². The molecule has 8 heteroatoms. The topological polar surface area (TPSA) is 108 Å². The summed E-state index contributed by atoms with van der Waals surface area (Å²) in [6.07, 6.45) is 2.25. The quantitative estimate of drug-likeness (QED) is 0.598. The number of rotatable bonds is 7. The van der Waals surface area contributed by atoms with Crippen molar-refractivity contribution in [3.8, 4) is 0 Å². The number of hydrogen-bond acceptors (Lipinski definition) is 4. The smallest absolute Gasteiger partial charge is 0.325 e. The Labute approximate surface area is 180 Å². The number of imide groups is 1. The van der Waals surface area contributed by atoms with Crippen molar-refractivity contribution < 1.29 is 19.2 Å². The molecule has 2 aliphatic rings. The fourth-order valence-electron chi connectivity index (χ4n) is 3.75. The maximum absolute atomic E-state index is 13.2. The highest BCUT2D eigenvalue weighted by Gasteiger charge is 2.51. The van der Waals surface area contributed by atoms with Crippen LogP contribution in [0.1, 0.15) is 42.1 Å². The van der Waals surface area contributed by atoms with E-state index in [0.717, 1.165) is 17.7 Å². The maximum Gasteiger partial charge on any atom is 0.325 e. The minimum Gasteiger partial charge on any atom is -0.349 e. The molecule has 2 fully saturated rings. The molecule has 4 rings (SSSR count). The highest BCUT2D eigenvalue weighted by molar-refractivity contribution is 6.11. The fourth-order valence-corrected chi connectivity index (χ4v) is 3.75. The van der Waals surface area contributed by atoms with Crippen molar-refractivity contribution >= 4 is 29.4 Å². The van der Waals surface area contributed by atoms with Gasteiger partial charge in [0.15, 0.2) is 0 Å². The second-order valence-electron chi connectivity index (χ2n) is 7.79. The Kier molecular flexibility index (Phi) is 5.46. The van der Waals surface area contributed by atoms with E-state index in [2.05, 4.69) is 16.0 Å². The molecule has 1 saturated carbocycles. The van der Waals surface area contributed by atoms with Crippen molar-refractivity contribution in [2.24, 2.45) is 0 Å². The fraction of sp³-hybridized carbons (Fsp3) is 0.304. The molecular weight excluding hydrogens is 396 g/mol. The Morgan fingerprint density at radius 3 is 2.42 bits per heavy atom. The first kappa shape index (κ1) is 20.6. The summed E-state index contributed by atoms with van der Waals surface area (Å²) >= 11 is 0. The van der Waals surface area contributed by atoms with Crippen LogP contribution in [0.4, 0.5) is 10.5 Å². The van der Waals surface area contributed by atoms with Crippen molar-refractivity contribution in [2.45, 2.75) is 37.8 Å². The maximum atomic E-state index is 13.2. The standard InChI is InChI=1S/C23H24N4O4/c1-2-23(15-8-4-3-5-9-15)21(30)27(22(31)26-23)14-19(28)25-18-11-7-6-10-17(18)20(29)24-16-12-13-16/h3-11,16H,2,12-14H2,1H3,(H,24,29)(H,25,28)(H,26,31)/t23-/m0/s1. The number of anilines is 1. The van der Waals surface area contributed by atoms with Crippen molar-refractivity contribution in [2.75, 3.05) is 11.9 Å². The van der Waals surface area contributed by atoms with Crippen LogP contribution in [0.25, 0.3) is 0 Å². The van der Waals surface area contributed by atoms with Crippen LogP contribution >= 0.6 is 0 Å². The third kappa shape index (κ3) is 4.01. The molecule has 2 aromatic carbocycles. The van der Waals surface area contributed by atoms with Crippen molar-refractivity contribution in [3.63, 3.8) is 0 Å². The summed E-state index contributed by atoms with van der Waals surface area (Å²) in [6, 6.07) is 15.2. The molecule has 160 valence electrons. The summed E-state index contributed by atoms with van der Waals surface area (Å²) < 4.78 is 0. The number of carbonyl (C=O) groups is 4. The van der Waals surface area contributed by atoms with Gasteiger partial charge in [0.1, 0.15) is 12.1 Å². The zero-order valence-electron chi connectivity index (χ0n) is 17.2. The van der Waals surface area contributed by atoms with Crippen LogP contribution in [0, 0.1) is 0 Å². The van der Waals surface area contributed by atoms with Gasteiger partial charge in [0, 0.05) is 6.04 Å². The Bertz CT molecular complexity index is 1030. The molecule has 2 aromatic rings. The normalized spacial score (nSPS) is 20.4. The van der Waals surface area contributed by atoms with Crippen LogP contribution in [0.3, 0.4) is 0 Å². The lowest BCUT2D eigenvalue weighted by Gasteiger charge is -2.25. The SMILES string of the molecule is CC[C@@]1(c2ccccc2)NC(=O)N(CC(=O)Nc2ccccc2C(=O)NC2CC2)C1=O. The van der Waals surface area contributed by atoms with Gasteiger partial charge in [-0.1, -0.05) is 49.4 Å². The third-order valence-corrected chi connectivity index (χ3v) is 5.63. The molecule has 31 heavy (non-hydrogen) atoms. The van der Waals surface area contributed by atoms with Crippen molar-refractivity contribution in [1.82, 2.24) is 15.5 Å². The lowest BCUT2D eigenvalue weighted by Crippen LogP contribution is -2.44. The highest BCUT2D eigenvalue weighted by atomic mass is 16.2. The van der Waals surface area contributed by atoms with E-state index in [1.807, 2.05) is 13.0 Å². The number of amides is 5. The van der Waals surface area contributed by atoms with Gasteiger partial charge >= 0.3 is 6.03 Å². The van der Waals surface area contributed by atoms with Crippen LogP contribution in [0.5, 0.6) is 0 Å². The zero-order valence-corrected chi connectivity index (χ0v) is 17.2. The lowest BCUT2D eigenvalue weighted by atomic mass is 9.87. The Balaban J connectivity index is 1.49. The Morgan fingerprint density at radius 1 is 1.06 bits per heavy atom. The Hall–Kier alpha value is -3.68. The molecule has 0 bridgehead atoms. The van der Waals surface area contributed by atoms with Gasteiger partial charge in [-0.2, -0.15) is 0 Å². The van der Waals surface area contributed by atoms with Gasteiger partial charge in [-0.05, 0) is 37.0 Å². The molecule has 1 saturated heterocycles. The van der Waals surface area contributed by atoms with Crippen molar-refractivity contribution in [1.29, 1.82) is 0 Å². The molecule has 1 aliphatic carbocycles. The van der Waals surface area contributed by atoms with Gasteiger partial charge in [0.25, 0.3) is 11.8 Å². The predicted molar refractivity (Wildman–Crippen MR) is 114 cm³/mol. The minimum absolute atomic E-state index is 0.183. The van der Waals surface area contributed by atoms with Gasteiger partial charge in [-0.3, -0.25) is 19.3 Å². The number of nitrogens with zero attached hydrogens (tertiary/aromatic N) is 1. The van der Waals surface area contributed by atoms with E-state index in [9.17, 15) is 19.2 Å². The molecule has 0 aromatic heterocycles. The van der Waals surface area contributed by atoms with E-state index in [-0.39, 0.29) is 11.9 Å². The Morgan fingerprint density at radius 2 is 1.74 bits per heavy atom. The number of para-hydroxylation sites is 1. The highest BCUT2D eigenvalue weighted by Crippen LogP contribution is 2.32. The molecule has 8 nitrogen and oxygen atoms in total. The van der Waals surface area contributed by atoms with Crippen molar-refractivity contribution in [3.05, 3.63) is 65.7 Å². The van der Waals surface area contributed by atoms with Gasteiger partial charge in [0.05, 0.1) is 11.3 Å². The zero-order chi connectivity index (χ0) is 22.0. The summed E-state index contributed by atoms with van der Waals surface area (Å²) in [5.41, 5.74) is 0.149. The number of hydrogen-bond donors (Lipinski definition) is 3. The van der Waals surface area contributed by atoms with Crippen LogP contribution in [-0.2, 0) is 15.1 Å². The molecule has 0 spiro atoms. The first-order chi connectivity index (χ1) is 14.9. The molecule has 3 N–H and O–H groups in total. The van der Waals surface area contributed by atoms with Gasteiger partial charge in [-0.25, -0.2) is 4.79 Å².